The van der Waals surface area contributed by atoms with Gasteiger partial charge in [0, 0.05) is 13.1 Å². The van der Waals surface area contributed by atoms with E-state index in [0.29, 0.717) is 0 Å². The molecule has 0 aromatic carbocycles. The van der Waals surface area contributed by atoms with Crippen molar-refractivity contribution >= 4 is 7.85 Å². The van der Waals surface area contributed by atoms with Crippen LogP contribution in [0.3, 0.4) is 0 Å². The molecule has 0 aliphatic heterocycles. The molecular weight excluding hydrogens is 78.8 g/mol. The highest BCUT2D eigenvalue weighted by Gasteiger charge is 1.89. The van der Waals surface area contributed by atoms with E-state index < -0.39 is 6.00 Å². The molecule has 0 aromatic rings. The van der Waals surface area contributed by atoms with E-state index >= 15 is 0 Å². The first-order valence-corrected chi connectivity index (χ1v) is 1.70. The van der Waals surface area contributed by atoms with E-state index in [1.54, 1.807) is 0 Å². The molecule has 0 heterocycles. The molecule has 1 N–H and O–H groups in total. The quantitative estimate of drug-likeness (QED) is 0.442. The van der Waals surface area contributed by atoms with E-state index in [1.165, 1.54) is 7.11 Å². The van der Waals surface area contributed by atoms with Crippen LogP contribution in [-0.4, -0.2) is 32.7 Å². The second-order valence-electron chi connectivity index (χ2n) is 0.957. The molecule has 0 fully saturated rings. The van der Waals surface area contributed by atoms with Gasteiger partial charge < -0.3 is 9.84 Å². The smallest absolute Gasteiger partial charge is 0.112 e. The first-order chi connectivity index (χ1) is 2.81. The summed E-state index contributed by atoms with van der Waals surface area (Å²) < 4.78 is 4.43. The predicted octanol–water partition coefficient (Wildman–Crippen LogP) is -0.880. The van der Waals surface area contributed by atoms with E-state index in [9.17, 15) is 0 Å². The Balaban J connectivity index is 2.75. The van der Waals surface area contributed by atoms with Crippen LogP contribution in [0.5, 0.6) is 0 Å². The van der Waals surface area contributed by atoms with Gasteiger partial charge in [-0.3, -0.25) is 0 Å². The summed E-state index contributed by atoms with van der Waals surface area (Å²) in [6.07, 6.45) is 0. The van der Waals surface area contributed by atoms with Crippen LogP contribution in [0.25, 0.3) is 0 Å². The lowest BCUT2D eigenvalue weighted by molar-refractivity contribution is 0.104. The normalized spacial score (nSPS) is 14.3. The van der Waals surface area contributed by atoms with Crippen LogP contribution >= 0.6 is 0 Å². The number of aliphatic hydroxyl groups excluding tert-OH is 1. The van der Waals surface area contributed by atoms with Gasteiger partial charge in [0.2, 0.25) is 0 Å². The lowest BCUT2D eigenvalue weighted by Crippen LogP contribution is -2.14. The predicted molar refractivity (Wildman–Crippen MR) is 23.6 cm³/mol. The van der Waals surface area contributed by atoms with E-state index in [1.807, 2.05) is 0 Å². The molecule has 0 amide bonds. The summed E-state index contributed by atoms with van der Waals surface area (Å²) in [5.41, 5.74) is 0. The van der Waals surface area contributed by atoms with E-state index in [0.717, 1.165) is 0 Å². The first kappa shape index (κ1) is 5.98. The highest BCUT2D eigenvalue weighted by Crippen LogP contribution is 1.74. The molecule has 3 heteroatoms. The van der Waals surface area contributed by atoms with Gasteiger partial charge in [-0.05, 0) is 0 Å². The van der Waals surface area contributed by atoms with Crippen LogP contribution in [0.2, 0.25) is 0 Å². The van der Waals surface area contributed by atoms with Crippen molar-refractivity contribution in [1.29, 1.82) is 0 Å². The first-order valence-electron chi connectivity index (χ1n) is 1.70. The van der Waals surface area contributed by atoms with Gasteiger partial charge >= 0.3 is 0 Å². The zero-order valence-electron chi connectivity index (χ0n) is 3.72. The largest absolute Gasteiger partial charge is 0.395 e. The SMILES string of the molecule is [B]C(CO)OC. The fraction of sp³-hybridized carbons (Fsp3) is 1.00. The highest BCUT2D eigenvalue weighted by molar-refractivity contribution is 6.11. The van der Waals surface area contributed by atoms with Gasteiger partial charge in [-0.25, -0.2) is 0 Å². The second-order valence-corrected chi connectivity index (χ2v) is 0.957. The monoisotopic (exact) mass is 86.1 g/mol. The summed E-state index contributed by atoms with van der Waals surface area (Å²) in [6, 6.07) is -0.509. The van der Waals surface area contributed by atoms with Crippen LogP contribution in [-0.2, 0) is 4.74 Å². The Bertz CT molecular complexity index is 28.0. The molecule has 6 heavy (non-hydrogen) atoms. The third-order valence-electron chi connectivity index (χ3n) is 0.483. The zero-order valence-corrected chi connectivity index (χ0v) is 3.72. The number of methoxy groups -OCH3 is 1. The van der Waals surface area contributed by atoms with Crippen molar-refractivity contribution in [2.45, 2.75) is 6.00 Å². The molecule has 1 unspecified atom stereocenters. The maximum atomic E-state index is 8.08. The number of rotatable bonds is 2. The summed E-state index contributed by atoms with van der Waals surface area (Å²) in [5, 5.41) is 8.08. The molecule has 0 aromatic heterocycles. The maximum Gasteiger partial charge on any atom is 0.112 e. The van der Waals surface area contributed by atoms with E-state index in [-0.39, 0.29) is 6.61 Å². The van der Waals surface area contributed by atoms with E-state index in [2.05, 4.69) is 4.74 Å². The minimum Gasteiger partial charge on any atom is -0.395 e. The molecule has 34 valence electrons. The standard InChI is InChI=1S/C3H7BO2/c1-6-3(4)2-5/h3,5H,2H2,1H3. The lowest BCUT2D eigenvalue weighted by Gasteiger charge is -2.01. The molecule has 0 bridgehead atoms. The summed E-state index contributed by atoms with van der Waals surface area (Å²) in [7, 11) is 6.45. The molecule has 0 spiro atoms. The number of hydrogen-bond donors (Lipinski definition) is 1. The lowest BCUT2D eigenvalue weighted by atomic mass is 10.0. The molecule has 2 nitrogen and oxygen atoms in total. The molecule has 0 rings (SSSR count). The van der Waals surface area contributed by atoms with Gasteiger partial charge in [0.15, 0.2) is 0 Å². The highest BCUT2D eigenvalue weighted by atomic mass is 16.5. The van der Waals surface area contributed by atoms with Crippen LogP contribution in [0, 0.1) is 0 Å². The zero-order chi connectivity index (χ0) is 4.99. The molecule has 0 saturated heterocycles. The topological polar surface area (TPSA) is 29.5 Å². The van der Waals surface area contributed by atoms with Crippen molar-refractivity contribution in [3.8, 4) is 0 Å². The number of ether oxygens (including phenoxy) is 1. The third-order valence-corrected chi connectivity index (χ3v) is 0.483. The van der Waals surface area contributed by atoms with Gasteiger partial charge in [0.1, 0.15) is 7.85 Å². The van der Waals surface area contributed by atoms with Gasteiger partial charge in [-0.1, -0.05) is 0 Å². The average Bonchev–Trinajstić information content (AvgIpc) is 1.65. The van der Waals surface area contributed by atoms with Gasteiger partial charge in [0.05, 0.1) is 6.61 Å². The van der Waals surface area contributed by atoms with Gasteiger partial charge in [0.25, 0.3) is 0 Å². The fourth-order valence-electron chi connectivity index (χ4n) is 0.0745. The molecule has 1 atom stereocenters. The van der Waals surface area contributed by atoms with Crippen molar-refractivity contribution < 1.29 is 9.84 Å². The summed E-state index contributed by atoms with van der Waals surface area (Å²) in [4.78, 5) is 0. The van der Waals surface area contributed by atoms with Crippen molar-refractivity contribution in [3.63, 3.8) is 0 Å². The summed E-state index contributed by atoms with van der Waals surface area (Å²) in [5.74, 6) is 0. The Labute approximate surface area is 38.5 Å². The fourth-order valence-corrected chi connectivity index (χ4v) is 0.0745. The Morgan fingerprint density at radius 2 is 2.50 bits per heavy atom. The summed E-state index contributed by atoms with van der Waals surface area (Å²) >= 11 is 0. The number of aliphatic hydroxyl groups is 1. The molecule has 2 radical (unpaired) electrons. The maximum absolute atomic E-state index is 8.08. The molecule has 0 aliphatic rings. The Kier molecular flexibility index (Phi) is 3.18. The Morgan fingerprint density at radius 3 is 2.50 bits per heavy atom. The summed E-state index contributed by atoms with van der Waals surface area (Å²) in [6.45, 7) is -0.115. The van der Waals surface area contributed by atoms with E-state index in [4.69, 9.17) is 13.0 Å². The Hall–Kier alpha value is -0.0151. The molecular formula is C3H7BO2. The van der Waals surface area contributed by atoms with Crippen LogP contribution in [0.4, 0.5) is 0 Å². The van der Waals surface area contributed by atoms with Crippen molar-refractivity contribution in [2.24, 2.45) is 0 Å². The minimum atomic E-state index is -0.509. The second kappa shape index (κ2) is 3.19. The molecule has 0 saturated carbocycles. The van der Waals surface area contributed by atoms with Crippen LogP contribution in [0.15, 0.2) is 0 Å². The van der Waals surface area contributed by atoms with Crippen molar-refractivity contribution in [3.05, 3.63) is 0 Å². The third kappa shape index (κ3) is 2.24. The van der Waals surface area contributed by atoms with Crippen molar-refractivity contribution in [2.75, 3.05) is 13.7 Å². The van der Waals surface area contributed by atoms with Crippen molar-refractivity contribution in [1.82, 2.24) is 0 Å². The van der Waals surface area contributed by atoms with Gasteiger partial charge in [-0.15, -0.1) is 0 Å². The van der Waals surface area contributed by atoms with Gasteiger partial charge in [-0.2, -0.15) is 0 Å². The molecule has 0 aliphatic carbocycles. The average molecular weight is 85.9 g/mol. The minimum absolute atomic E-state index is 0.115. The van der Waals surface area contributed by atoms with Crippen LogP contribution in [0.1, 0.15) is 0 Å². The number of hydrogen-bond acceptors (Lipinski definition) is 2. The Morgan fingerprint density at radius 1 is 2.00 bits per heavy atom. The van der Waals surface area contributed by atoms with Crippen LogP contribution < -0.4 is 0 Å².